The maximum absolute atomic E-state index is 14.1. The second kappa shape index (κ2) is 10.2. The van der Waals surface area contributed by atoms with Gasteiger partial charge in [-0.1, -0.05) is 29.3 Å². The Morgan fingerprint density at radius 3 is 2.53 bits per heavy atom. The van der Waals surface area contributed by atoms with Crippen LogP contribution in [0.2, 0.25) is 5.02 Å². The van der Waals surface area contributed by atoms with Crippen molar-refractivity contribution in [3.05, 3.63) is 91.9 Å². The third kappa shape index (κ3) is 5.56. The Bertz CT molecular complexity index is 1100. The summed E-state index contributed by atoms with van der Waals surface area (Å²) in [7, 11) is 0. The lowest BCUT2D eigenvalue weighted by molar-refractivity contribution is 0.0942. The van der Waals surface area contributed by atoms with Gasteiger partial charge in [0.05, 0.1) is 28.4 Å². The second-order valence-electron chi connectivity index (χ2n) is 6.68. The van der Waals surface area contributed by atoms with Crippen LogP contribution in [0.5, 0.6) is 0 Å². The van der Waals surface area contributed by atoms with Gasteiger partial charge >= 0.3 is 0 Å². The number of rotatable bonds is 6. The molecule has 0 heterocycles. The molecule has 30 heavy (non-hydrogen) atoms. The van der Waals surface area contributed by atoms with Crippen LogP contribution in [-0.2, 0) is 0 Å². The summed E-state index contributed by atoms with van der Waals surface area (Å²) in [5.74, 6) is -1.03. The molecule has 2 rings (SSSR count). The summed E-state index contributed by atoms with van der Waals surface area (Å²) in [6, 6.07) is 10.3. The van der Waals surface area contributed by atoms with Crippen LogP contribution in [-0.4, -0.2) is 12.6 Å². The molecule has 0 aliphatic heterocycles. The summed E-state index contributed by atoms with van der Waals surface area (Å²) in [4.78, 5) is 17.0. The molecule has 7 heteroatoms. The smallest absolute Gasteiger partial charge is 0.252 e. The van der Waals surface area contributed by atoms with E-state index in [9.17, 15) is 9.18 Å². The van der Waals surface area contributed by atoms with Crippen LogP contribution in [0.15, 0.2) is 63.8 Å². The van der Waals surface area contributed by atoms with Gasteiger partial charge in [0.1, 0.15) is 5.82 Å². The fourth-order valence-corrected chi connectivity index (χ4v) is 3.24. The molecule has 2 aromatic carbocycles. The Balaban J connectivity index is 2.55. The van der Waals surface area contributed by atoms with E-state index in [0.29, 0.717) is 38.6 Å². The summed E-state index contributed by atoms with van der Waals surface area (Å²) < 4.78 is 14.1. The van der Waals surface area contributed by atoms with Gasteiger partial charge in [-0.25, -0.2) is 4.39 Å². The third-order valence-corrected chi connectivity index (χ3v) is 4.84. The molecule has 2 aromatic rings. The number of hydrogen-bond acceptors (Lipinski definition) is 3. The molecule has 0 spiro atoms. The first-order valence-corrected chi connectivity index (χ1v) is 9.71. The largest absolute Gasteiger partial charge is 0.340 e. The lowest BCUT2D eigenvalue weighted by Crippen LogP contribution is -2.30. The normalized spacial score (nSPS) is 13.2. The number of carbonyl (C=O) groups excluding carboxylic acids is 1. The minimum Gasteiger partial charge on any atom is -0.340 e. The first-order valence-electron chi connectivity index (χ1n) is 8.95. The standard InChI is InChI=1S/C23H20Cl2FN3O/c1-13-10-17(5-6-18(13)12-27)23(30)29-22(16-7-8-19(25)20(26)11-16)21(28-4)14(2)9-15(3)24/h5-11,22H,4H2,1-3H3,(H,29,30)/b15-9+,21-14-/t22-/m0/s1. The summed E-state index contributed by atoms with van der Waals surface area (Å²) in [5.41, 5.74) is 3.03. The molecule has 154 valence electrons. The van der Waals surface area contributed by atoms with Crippen LogP contribution in [0.25, 0.3) is 0 Å². The first-order chi connectivity index (χ1) is 14.2. The van der Waals surface area contributed by atoms with Crippen molar-refractivity contribution in [2.75, 3.05) is 0 Å². The van der Waals surface area contributed by atoms with Crippen LogP contribution in [0.3, 0.4) is 0 Å². The molecule has 1 N–H and O–H groups in total. The number of nitriles is 1. The number of halogens is 3. The molecule has 0 saturated heterocycles. The predicted octanol–water partition coefficient (Wildman–Crippen LogP) is 6.25. The first kappa shape index (κ1) is 23.3. The van der Waals surface area contributed by atoms with Crippen LogP contribution in [0.4, 0.5) is 4.39 Å². The maximum Gasteiger partial charge on any atom is 0.252 e. The van der Waals surface area contributed by atoms with Crippen molar-refractivity contribution in [2.24, 2.45) is 4.99 Å². The average Bonchev–Trinajstić information content (AvgIpc) is 2.69. The van der Waals surface area contributed by atoms with Gasteiger partial charge in [-0.05, 0) is 80.6 Å². The average molecular weight is 444 g/mol. The number of nitrogens with one attached hydrogen (secondary N) is 1. The number of allylic oxidation sites excluding steroid dienone is 3. The lowest BCUT2D eigenvalue weighted by atomic mass is 9.99. The van der Waals surface area contributed by atoms with Crippen molar-refractivity contribution in [3.63, 3.8) is 0 Å². The maximum atomic E-state index is 14.1. The Morgan fingerprint density at radius 2 is 2.00 bits per heavy atom. The Morgan fingerprint density at radius 1 is 1.30 bits per heavy atom. The van der Waals surface area contributed by atoms with Crippen molar-refractivity contribution in [3.8, 4) is 6.07 Å². The van der Waals surface area contributed by atoms with Crippen LogP contribution in [0, 0.1) is 24.1 Å². The van der Waals surface area contributed by atoms with E-state index in [2.05, 4.69) is 23.1 Å². The van der Waals surface area contributed by atoms with Crippen LogP contribution < -0.4 is 5.32 Å². The SMILES string of the molecule is C=N/C(=C(C)\C=C(/C)Cl)[C@@H](NC(=O)c1ccc(C#N)c(C)c1)c1ccc(Cl)c(F)c1. The minimum absolute atomic E-state index is 0.0307. The molecular weight excluding hydrogens is 424 g/mol. The molecule has 0 fully saturated rings. The Kier molecular flexibility index (Phi) is 7.93. The van der Waals surface area contributed by atoms with Crippen LogP contribution >= 0.6 is 23.2 Å². The molecule has 1 amide bonds. The number of amides is 1. The van der Waals surface area contributed by atoms with E-state index >= 15 is 0 Å². The van der Waals surface area contributed by atoms with Gasteiger partial charge in [0.25, 0.3) is 5.91 Å². The second-order valence-corrected chi connectivity index (χ2v) is 7.68. The number of benzene rings is 2. The number of carbonyl (C=O) groups is 1. The van der Waals surface area contributed by atoms with Gasteiger partial charge in [0, 0.05) is 10.6 Å². The van der Waals surface area contributed by atoms with E-state index in [1.165, 1.54) is 12.1 Å². The van der Waals surface area contributed by atoms with E-state index in [0.717, 1.165) is 0 Å². The molecule has 4 nitrogen and oxygen atoms in total. The summed E-state index contributed by atoms with van der Waals surface area (Å²) in [6.45, 7) is 8.83. The van der Waals surface area contributed by atoms with Crippen molar-refractivity contribution in [1.29, 1.82) is 5.26 Å². The quantitative estimate of drug-likeness (QED) is 0.423. The molecule has 0 aliphatic rings. The van der Waals surface area contributed by atoms with E-state index in [4.69, 9.17) is 28.5 Å². The van der Waals surface area contributed by atoms with Gasteiger partial charge in [0.2, 0.25) is 0 Å². The van der Waals surface area contributed by atoms with Gasteiger partial charge < -0.3 is 5.32 Å². The predicted molar refractivity (Wildman–Crippen MR) is 119 cm³/mol. The van der Waals surface area contributed by atoms with Gasteiger partial charge in [-0.3, -0.25) is 9.79 Å². The topological polar surface area (TPSA) is 65.2 Å². The monoisotopic (exact) mass is 443 g/mol. The van der Waals surface area contributed by atoms with Crippen molar-refractivity contribution >= 4 is 35.8 Å². The van der Waals surface area contributed by atoms with Crippen molar-refractivity contribution in [2.45, 2.75) is 26.8 Å². The summed E-state index contributed by atoms with van der Waals surface area (Å²) in [5, 5.41) is 12.4. The zero-order valence-corrected chi connectivity index (χ0v) is 18.3. The van der Waals surface area contributed by atoms with E-state index in [-0.39, 0.29) is 5.02 Å². The fourth-order valence-electron chi connectivity index (χ4n) is 2.96. The molecule has 0 unspecified atom stereocenters. The summed E-state index contributed by atoms with van der Waals surface area (Å²) in [6.07, 6.45) is 1.68. The number of hydrogen-bond donors (Lipinski definition) is 1. The molecule has 0 aromatic heterocycles. The number of aryl methyl sites for hydroxylation is 1. The molecule has 0 bridgehead atoms. The van der Waals surface area contributed by atoms with E-state index in [1.54, 1.807) is 51.1 Å². The number of nitrogens with zero attached hydrogens (tertiary/aromatic N) is 2. The third-order valence-electron chi connectivity index (χ3n) is 4.42. The highest BCUT2D eigenvalue weighted by atomic mass is 35.5. The Hall–Kier alpha value is -2.94. The zero-order valence-electron chi connectivity index (χ0n) is 16.8. The molecule has 0 radical (unpaired) electrons. The van der Waals surface area contributed by atoms with E-state index < -0.39 is 17.8 Å². The fraction of sp³-hybridized carbons (Fsp3) is 0.174. The zero-order chi connectivity index (χ0) is 22.4. The molecular formula is C23H20Cl2FN3O. The van der Waals surface area contributed by atoms with Gasteiger partial charge in [-0.15, -0.1) is 0 Å². The van der Waals surface area contributed by atoms with E-state index in [1.807, 2.05) is 0 Å². The molecule has 0 aliphatic carbocycles. The highest BCUT2D eigenvalue weighted by Crippen LogP contribution is 2.29. The molecule has 0 saturated carbocycles. The van der Waals surface area contributed by atoms with Crippen molar-refractivity contribution in [1.82, 2.24) is 5.32 Å². The number of aliphatic imine (C=N–C) groups is 1. The van der Waals surface area contributed by atoms with Gasteiger partial charge in [0.15, 0.2) is 0 Å². The summed E-state index contributed by atoms with van der Waals surface area (Å²) >= 11 is 11.8. The Labute approximate surface area is 185 Å². The van der Waals surface area contributed by atoms with Crippen molar-refractivity contribution < 1.29 is 9.18 Å². The highest BCUT2D eigenvalue weighted by Gasteiger charge is 2.22. The van der Waals surface area contributed by atoms with Crippen LogP contribution in [0.1, 0.15) is 46.9 Å². The lowest BCUT2D eigenvalue weighted by Gasteiger charge is -2.22. The minimum atomic E-state index is -0.801. The molecule has 1 atom stereocenters. The van der Waals surface area contributed by atoms with Gasteiger partial charge in [-0.2, -0.15) is 5.26 Å². The highest BCUT2D eigenvalue weighted by molar-refractivity contribution is 6.30.